The maximum Gasteiger partial charge on any atom is 0.164 e. The van der Waals surface area contributed by atoms with Crippen LogP contribution in [0.3, 0.4) is 0 Å². The Balaban J connectivity index is 2.11. The summed E-state index contributed by atoms with van der Waals surface area (Å²) < 4.78 is 23.6. The van der Waals surface area contributed by atoms with Crippen molar-refractivity contribution in [3.8, 4) is 11.4 Å². The molecular weight excluding hydrogens is 326 g/mol. The monoisotopic (exact) mass is 349 g/mol. The van der Waals surface area contributed by atoms with Crippen LogP contribution in [0.2, 0.25) is 0 Å². The third kappa shape index (κ3) is 3.93. The lowest BCUT2D eigenvalue weighted by Gasteiger charge is -2.35. The maximum atomic E-state index is 12.1. The van der Waals surface area contributed by atoms with E-state index in [9.17, 15) is 4.21 Å². The summed E-state index contributed by atoms with van der Waals surface area (Å²) >= 11 is 0. The summed E-state index contributed by atoms with van der Waals surface area (Å²) in [5.41, 5.74) is 2.51. The van der Waals surface area contributed by atoms with Crippen molar-refractivity contribution in [3.63, 3.8) is 0 Å². The summed E-state index contributed by atoms with van der Waals surface area (Å²) in [5, 5.41) is 4.42. The van der Waals surface area contributed by atoms with E-state index < -0.39 is 9.73 Å². The standard InChI is InChI=1S/C16H23N5O2S/c1-12-11-23-8-7-21(12)13-9-15(14-5-6-20(2)18-14)17-16(10-13)19-24(3,4)22/h5-6,9-10,12H,7-8,11H2,1-4H3/t12-/m1/s1. The summed E-state index contributed by atoms with van der Waals surface area (Å²) in [6.45, 7) is 4.31. The second-order valence-electron chi connectivity index (χ2n) is 6.33. The lowest BCUT2D eigenvalue weighted by molar-refractivity contribution is 0.0989. The van der Waals surface area contributed by atoms with Gasteiger partial charge in [0.1, 0.15) is 5.69 Å². The number of hydrogen-bond donors (Lipinski definition) is 0. The van der Waals surface area contributed by atoms with Crippen LogP contribution < -0.4 is 4.90 Å². The third-order valence-electron chi connectivity index (χ3n) is 3.79. The Morgan fingerprint density at radius 3 is 2.75 bits per heavy atom. The fourth-order valence-electron chi connectivity index (χ4n) is 2.73. The second kappa shape index (κ2) is 6.52. The van der Waals surface area contributed by atoms with Gasteiger partial charge in [-0.3, -0.25) is 4.68 Å². The molecule has 0 saturated carbocycles. The average molecular weight is 349 g/mol. The highest BCUT2D eigenvalue weighted by Crippen LogP contribution is 2.29. The third-order valence-corrected chi connectivity index (χ3v) is 4.41. The van der Waals surface area contributed by atoms with E-state index in [1.54, 1.807) is 17.2 Å². The van der Waals surface area contributed by atoms with Crippen LogP contribution in [0.15, 0.2) is 28.8 Å². The van der Waals surface area contributed by atoms with E-state index in [1.165, 1.54) is 0 Å². The summed E-state index contributed by atoms with van der Waals surface area (Å²) in [5.74, 6) is 0.474. The van der Waals surface area contributed by atoms with Gasteiger partial charge >= 0.3 is 0 Å². The number of nitrogens with zero attached hydrogens (tertiary/aromatic N) is 5. The van der Waals surface area contributed by atoms with Gasteiger partial charge in [0.2, 0.25) is 0 Å². The molecule has 1 saturated heterocycles. The molecule has 1 aliphatic rings. The van der Waals surface area contributed by atoms with E-state index in [-0.39, 0.29) is 6.04 Å². The van der Waals surface area contributed by atoms with Crippen molar-refractivity contribution in [2.45, 2.75) is 13.0 Å². The van der Waals surface area contributed by atoms with Crippen LogP contribution >= 0.6 is 0 Å². The molecule has 8 heteroatoms. The molecule has 24 heavy (non-hydrogen) atoms. The minimum Gasteiger partial charge on any atom is -0.377 e. The molecule has 130 valence electrons. The molecule has 0 N–H and O–H groups in total. The van der Waals surface area contributed by atoms with Crippen LogP contribution in [0.4, 0.5) is 11.5 Å². The van der Waals surface area contributed by atoms with Crippen molar-refractivity contribution in [1.82, 2.24) is 14.8 Å². The molecule has 0 aromatic carbocycles. The Labute approximate surface area is 142 Å². The van der Waals surface area contributed by atoms with Crippen molar-refractivity contribution >= 4 is 21.2 Å². The molecule has 0 radical (unpaired) electrons. The van der Waals surface area contributed by atoms with Crippen molar-refractivity contribution in [1.29, 1.82) is 0 Å². The van der Waals surface area contributed by atoms with E-state index in [2.05, 4.69) is 26.3 Å². The number of pyridine rings is 1. The number of aryl methyl sites for hydroxylation is 1. The average Bonchev–Trinajstić information content (AvgIpc) is 2.92. The van der Waals surface area contributed by atoms with Crippen LogP contribution in [0.1, 0.15) is 6.92 Å². The molecular formula is C16H23N5O2S. The molecule has 0 spiro atoms. The van der Waals surface area contributed by atoms with Crippen LogP contribution in [0.5, 0.6) is 0 Å². The molecule has 1 atom stereocenters. The molecule has 1 aliphatic heterocycles. The quantitative estimate of drug-likeness (QED) is 0.848. The van der Waals surface area contributed by atoms with Gasteiger partial charge in [-0.1, -0.05) is 0 Å². The summed E-state index contributed by atoms with van der Waals surface area (Å²) in [7, 11) is -0.420. The van der Waals surface area contributed by atoms with Gasteiger partial charge in [-0.2, -0.15) is 9.46 Å². The number of morpholine rings is 1. The summed E-state index contributed by atoms with van der Waals surface area (Å²) in [4.78, 5) is 6.81. The SMILES string of the molecule is C[C@@H]1COCCN1c1cc(N=S(C)(C)=O)nc(-c2ccn(C)n2)c1. The number of rotatable bonds is 3. The number of ether oxygens (including phenoxy) is 1. The van der Waals surface area contributed by atoms with Gasteiger partial charge < -0.3 is 9.64 Å². The van der Waals surface area contributed by atoms with Gasteiger partial charge in [0, 0.05) is 59.8 Å². The fraction of sp³-hybridized carbons (Fsp3) is 0.500. The molecule has 7 nitrogen and oxygen atoms in total. The van der Waals surface area contributed by atoms with Crippen molar-refractivity contribution in [3.05, 3.63) is 24.4 Å². The lowest BCUT2D eigenvalue weighted by Crippen LogP contribution is -2.43. The first kappa shape index (κ1) is 16.9. The maximum absolute atomic E-state index is 12.1. The van der Waals surface area contributed by atoms with Crippen molar-refractivity contribution in [2.75, 3.05) is 37.2 Å². The fourth-order valence-corrected chi connectivity index (χ4v) is 3.28. The van der Waals surface area contributed by atoms with Gasteiger partial charge in [-0.25, -0.2) is 9.19 Å². The zero-order valence-electron chi connectivity index (χ0n) is 14.5. The molecule has 0 amide bonds. The normalized spacial score (nSPS) is 18.7. The van der Waals surface area contributed by atoms with Crippen LogP contribution in [0.25, 0.3) is 11.4 Å². The first-order valence-electron chi connectivity index (χ1n) is 7.85. The minimum absolute atomic E-state index is 0.262. The number of hydrogen-bond acceptors (Lipinski definition) is 6. The van der Waals surface area contributed by atoms with Crippen LogP contribution in [-0.4, -0.2) is 57.3 Å². The topological polar surface area (TPSA) is 72.6 Å². The zero-order chi connectivity index (χ0) is 17.3. The Morgan fingerprint density at radius 1 is 1.33 bits per heavy atom. The van der Waals surface area contributed by atoms with E-state index >= 15 is 0 Å². The van der Waals surface area contributed by atoms with Gasteiger partial charge in [0.25, 0.3) is 0 Å². The van der Waals surface area contributed by atoms with Crippen LogP contribution in [-0.2, 0) is 21.5 Å². The predicted octanol–water partition coefficient (Wildman–Crippen LogP) is 2.07. The van der Waals surface area contributed by atoms with Crippen LogP contribution in [0, 0.1) is 0 Å². The molecule has 3 heterocycles. The van der Waals surface area contributed by atoms with Crippen molar-refractivity contribution in [2.24, 2.45) is 11.4 Å². The van der Waals surface area contributed by atoms with E-state index in [4.69, 9.17) is 4.74 Å². The predicted molar refractivity (Wildman–Crippen MR) is 96.1 cm³/mol. The first-order valence-corrected chi connectivity index (χ1v) is 10.2. The largest absolute Gasteiger partial charge is 0.377 e. The Bertz CT molecular complexity index is 846. The molecule has 0 unspecified atom stereocenters. The second-order valence-corrected chi connectivity index (χ2v) is 8.88. The Morgan fingerprint density at radius 2 is 2.12 bits per heavy atom. The first-order chi connectivity index (χ1) is 11.3. The summed E-state index contributed by atoms with van der Waals surface area (Å²) in [6, 6.07) is 6.07. The van der Waals surface area contributed by atoms with E-state index in [0.717, 1.165) is 23.6 Å². The smallest absolute Gasteiger partial charge is 0.164 e. The van der Waals surface area contributed by atoms with E-state index in [0.29, 0.717) is 19.0 Å². The lowest BCUT2D eigenvalue weighted by atomic mass is 10.2. The molecule has 0 bridgehead atoms. The van der Waals surface area contributed by atoms with E-state index in [1.807, 2.05) is 31.4 Å². The zero-order valence-corrected chi connectivity index (χ0v) is 15.3. The van der Waals surface area contributed by atoms with Gasteiger partial charge in [-0.15, -0.1) is 0 Å². The highest BCUT2D eigenvalue weighted by Gasteiger charge is 2.21. The summed E-state index contributed by atoms with van der Waals surface area (Å²) in [6.07, 6.45) is 5.10. The Hall–Kier alpha value is -1.93. The highest BCUT2D eigenvalue weighted by molar-refractivity contribution is 7.92. The molecule has 2 aromatic rings. The Kier molecular flexibility index (Phi) is 4.60. The molecule has 2 aromatic heterocycles. The minimum atomic E-state index is -2.29. The number of anilines is 1. The molecule has 1 fully saturated rings. The van der Waals surface area contributed by atoms with Crippen molar-refractivity contribution < 1.29 is 8.95 Å². The molecule has 0 aliphatic carbocycles. The molecule has 3 rings (SSSR count). The van der Waals surface area contributed by atoms with Gasteiger partial charge in [-0.05, 0) is 19.1 Å². The highest BCUT2D eigenvalue weighted by atomic mass is 32.2. The number of aromatic nitrogens is 3. The van der Waals surface area contributed by atoms with Gasteiger partial charge in [0.15, 0.2) is 5.82 Å². The van der Waals surface area contributed by atoms with Gasteiger partial charge in [0.05, 0.1) is 18.9 Å².